The predicted octanol–water partition coefficient (Wildman–Crippen LogP) is 1.18. The van der Waals surface area contributed by atoms with Crippen LogP contribution in [-0.4, -0.2) is 35.6 Å². The van der Waals surface area contributed by atoms with Crippen LogP contribution >= 0.6 is 0 Å². The van der Waals surface area contributed by atoms with E-state index in [1.807, 2.05) is 0 Å². The van der Waals surface area contributed by atoms with Crippen LogP contribution < -0.4 is 0 Å². The van der Waals surface area contributed by atoms with Crippen molar-refractivity contribution in [3.63, 3.8) is 0 Å². The average Bonchev–Trinajstić information content (AvgIpc) is 2.55. The zero-order chi connectivity index (χ0) is 10.6. The lowest BCUT2D eigenvalue weighted by Crippen LogP contribution is -2.33. The molecule has 2 atom stereocenters. The van der Waals surface area contributed by atoms with Crippen LogP contribution in [-0.2, 0) is 4.79 Å². The van der Waals surface area contributed by atoms with Gasteiger partial charge in [-0.3, -0.25) is 4.79 Å². The first-order valence-electron chi connectivity index (χ1n) is 5.18. The van der Waals surface area contributed by atoms with Crippen molar-refractivity contribution in [3.05, 3.63) is 12.2 Å². The Balaban J connectivity index is 2.29. The van der Waals surface area contributed by atoms with E-state index in [4.69, 9.17) is 5.11 Å². The van der Waals surface area contributed by atoms with Crippen molar-refractivity contribution in [1.29, 1.82) is 0 Å². The number of carbonyl (C=O) groups is 1. The van der Waals surface area contributed by atoms with Crippen molar-refractivity contribution in [1.82, 2.24) is 4.90 Å². The third-order valence-corrected chi connectivity index (χ3v) is 2.51. The molecule has 80 valence electrons. The number of amides is 1. The van der Waals surface area contributed by atoms with Gasteiger partial charge in [-0.05, 0) is 25.7 Å². The molecule has 0 saturated heterocycles. The van der Waals surface area contributed by atoms with Crippen LogP contribution in [0.4, 0.5) is 0 Å². The van der Waals surface area contributed by atoms with Crippen molar-refractivity contribution in [2.75, 3.05) is 13.6 Å². The molecule has 1 N–H and O–H groups in total. The van der Waals surface area contributed by atoms with Gasteiger partial charge in [0.1, 0.15) is 0 Å². The fourth-order valence-electron chi connectivity index (χ4n) is 1.74. The standard InChI is InChI=1S/C11H19NO2/c1-9(13)8-12(2)11(14)7-10-5-3-4-6-10/h3,5,9-10,13H,4,6-8H2,1-2H3. The maximum Gasteiger partial charge on any atom is 0.222 e. The largest absolute Gasteiger partial charge is 0.392 e. The molecule has 0 bridgehead atoms. The van der Waals surface area contributed by atoms with E-state index in [0.29, 0.717) is 18.9 Å². The molecule has 0 aliphatic heterocycles. The summed E-state index contributed by atoms with van der Waals surface area (Å²) in [6.45, 7) is 2.12. The van der Waals surface area contributed by atoms with E-state index in [0.717, 1.165) is 12.8 Å². The first-order chi connectivity index (χ1) is 6.59. The van der Waals surface area contributed by atoms with Gasteiger partial charge in [0.05, 0.1) is 6.10 Å². The molecule has 0 spiro atoms. The van der Waals surface area contributed by atoms with Crippen LogP contribution in [0.2, 0.25) is 0 Å². The van der Waals surface area contributed by atoms with Gasteiger partial charge in [0.2, 0.25) is 5.91 Å². The molecule has 0 saturated carbocycles. The van der Waals surface area contributed by atoms with E-state index >= 15 is 0 Å². The number of aliphatic hydroxyl groups excluding tert-OH is 1. The van der Waals surface area contributed by atoms with Gasteiger partial charge in [-0.25, -0.2) is 0 Å². The smallest absolute Gasteiger partial charge is 0.222 e. The number of rotatable bonds is 4. The molecule has 0 aromatic rings. The molecule has 1 amide bonds. The summed E-state index contributed by atoms with van der Waals surface area (Å²) in [4.78, 5) is 13.2. The molecule has 0 radical (unpaired) electrons. The average molecular weight is 197 g/mol. The molecule has 14 heavy (non-hydrogen) atoms. The minimum atomic E-state index is -0.442. The van der Waals surface area contributed by atoms with E-state index in [9.17, 15) is 4.79 Å². The van der Waals surface area contributed by atoms with Crippen molar-refractivity contribution >= 4 is 5.91 Å². The lowest BCUT2D eigenvalue weighted by Gasteiger charge is -2.20. The highest BCUT2D eigenvalue weighted by Gasteiger charge is 2.17. The fourth-order valence-corrected chi connectivity index (χ4v) is 1.74. The number of aliphatic hydroxyl groups is 1. The van der Waals surface area contributed by atoms with Gasteiger partial charge in [-0.2, -0.15) is 0 Å². The summed E-state index contributed by atoms with van der Waals surface area (Å²) in [5, 5.41) is 9.12. The molecule has 2 unspecified atom stereocenters. The first-order valence-corrected chi connectivity index (χ1v) is 5.18. The number of likely N-dealkylation sites (N-methyl/N-ethyl adjacent to an activating group) is 1. The minimum Gasteiger partial charge on any atom is -0.392 e. The minimum absolute atomic E-state index is 0.127. The van der Waals surface area contributed by atoms with E-state index in [-0.39, 0.29) is 5.91 Å². The Kier molecular flexibility index (Phi) is 4.14. The second-order valence-electron chi connectivity index (χ2n) is 4.09. The highest BCUT2D eigenvalue weighted by Crippen LogP contribution is 2.20. The van der Waals surface area contributed by atoms with Gasteiger partial charge in [0.15, 0.2) is 0 Å². The number of hydrogen-bond donors (Lipinski definition) is 1. The van der Waals surface area contributed by atoms with Crippen molar-refractivity contribution in [3.8, 4) is 0 Å². The molecular weight excluding hydrogens is 178 g/mol. The molecule has 1 rings (SSSR count). The number of nitrogens with zero attached hydrogens (tertiary/aromatic N) is 1. The highest BCUT2D eigenvalue weighted by molar-refractivity contribution is 5.76. The summed E-state index contributed by atoms with van der Waals surface area (Å²) in [5.74, 6) is 0.543. The van der Waals surface area contributed by atoms with Gasteiger partial charge < -0.3 is 10.0 Å². The quantitative estimate of drug-likeness (QED) is 0.687. The van der Waals surface area contributed by atoms with Gasteiger partial charge in [-0.15, -0.1) is 0 Å². The molecule has 0 fully saturated rings. The van der Waals surface area contributed by atoms with Gasteiger partial charge in [0.25, 0.3) is 0 Å². The third-order valence-electron chi connectivity index (χ3n) is 2.51. The van der Waals surface area contributed by atoms with Crippen LogP contribution in [0.1, 0.15) is 26.2 Å². The molecule has 0 heterocycles. The number of allylic oxidation sites excluding steroid dienone is 2. The topological polar surface area (TPSA) is 40.5 Å². The first kappa shape index (κ1) is 11.2. The Hall–Kier alpha value is -0.830. The molecule has 3 nitrogen and oxygen atoms in total. The molecular formula is C11H19NO2. The summed E-state index contributed by atoms with van der Waals surface area (Å²) >= 11 is 0. The van der Waals surface area contributed by atoms with E-state index in [2.05, 4.69) is 12.2 Å². The van der Waals surface area contributed by atoms with Crippen LogP contribution in [0.15, 0.2) is 12.2 Å². The fraction of sp³-hybridized carbons (Fsp3) is 0.727. The lowest BCUT2D eigenvalue weighted by molar-refractivity contribution is -0.131. The van der Waals surface area contributed by atoms with Crippen LogP contribution in [0.25, 0.3) is 0 Å². The second-order valence-corrected chi connectivity index (χ2v) is 4.09. The van der Waals surface area contributed by atoms with Crippen molar-refractivity contribution in [2.24, 2.45) is 5.92 Å². The lowest BCUT2D eigenvalue weighted by atomic mass is 10.0. The summed E-state index contributed by atoms with van der Waals surface area (Å²) in [5.41, 5.74) is 0. The molecule has 1 aliphatic rings. The van der Waals surface area contributed by atoms with Crippen LogP contribution in [0.3, 0.4) is 0 Å². The second kappa shape index (κ2) is 5.15. The summed E-state index contributed by atoms with van der Waals surface area (Å²) in [7, 11) is 1.74. The Morgan fingerprint density at radius 2 is 2.43 bits per heavy atom. The third kappa shape index (κ3) is 3.50. The van der Waals surface area contributed by atoms with E-state index in [1.165, 1.54) is 0 Å². The van der Waals surface area contributed by atoms with Gasteiger partial charge in [0, 0.05) is 20.0 Å². The maximum absolute atomic E-state index is 11.6. The molecule has 3 heteroatoms. The van der Waals surface area contributed by atoms with Gasteiger partial charge >= 0.3 is 0 Å². The van der Waals surface area contributed by atoms with Gasteiger partial charge in [-0.1, -0.05) is 12.2 Å². The predicted molar refractivity (Wildman–Crippen MR) is 55.8 cm³/mol. The monoisotopic (exact) mass is 197 g/mol. The van der Waals surface area contributed by atoms with Crippen molar-refractivity contribution in [2.45, 2.75) is 32.3 Å². The summed E-state index contributed by atoms with van der Waals surface area (Å²) in [6, 6.07) is 0. The number of hydrogen-bond acceptors (Lipinski definition) is 2. The Bertz CT molecular complexity index is 223. The maximum atomic E-state index is 11.6. The number of carbonyl (C=O) groups excluding carboxylic acids is 1. The summed E-state index contributed by atoms with van der Waals surface area (Å²) in [6.07, 6.45) is 6.58. The molecule has 0 aromatic carbocycles. The zero-order valence-corrected chi connectivity index (χ0v) is 8.94. The summed E-state index contributed by atoms with van der Waals surface area (Å²) < 4.78 is 0. The molecule has 1 aliphatic carbocycles. The van der Waals surface area contributed by atoms with E-state index in [1.54, 1.807) is 18.9 Å². The zero-order valence-electron chi connectivity index (χ0n) is 8.94. The Morgan fingerprint density at radius 1 is 1.71 bits per heavy atom. The Morgan fingerprint density at radius 3 is 2.93 bits per heavy atom. The normalized spacial score (nSPS) is 22.4. The van der Waals surface area contributed by atoms with E-state index < -0.39 is 6.10 Å². The van der Waals surface area contributed by atoms with Crippen molar-refractivity contribution < 1.29 is 9.90 Å². The van der Waals surface area contributed by atoms with Crippen LogP contribution in [0.5, 0.6) is 0 Å². The van der Waals surface area contributed by atoms with Crippen LogP contribution in [0, 0.1) is 5.92 Å². The SMILES string of the molecule is CC(O)CN(C)C(=O)CC1C=CCC1. The molecule has 0 aromatic heterocycles. The Labute approximate surface area is 85.4 Å². The highest BCUT2D eigenvalue weighted by atomic mass is 16.3.